The maximum Gasteiger partial charge on any atom is 0.224 e. The average Bonchev–Trinajstić information content (AvgIpc) is 2.31. The van der Waals surface area contributed by atoms with Gasteiger partial charge in [-0.25, -0.2) is 0 Å². The summed E-state index contributed by atoms with van der Waals surface area (Å²) in [6.45, 7) is 2.18. The van der Waals surface area contributed by atoms with E-state index in [0.717, 1.165) is 0 Å². The van der Waals surface area contributed by atoms with Crippen molar-refractivity contribution < 1.29 is 15.0 Å². The standard InChI is InChI=1S/C8H16N2O3/c1-5(9)2-8(13)10-3-6(11)7(12)4-10/h5-7,11-12H,2-4,9H2,1H3/t5?,6-,7+. The molecule has 1 heterocycles. The molecule has 5 heteroatoms. The summed E-state index contributed by atoms with van der Waals surface area (Å²) in [4.78, 5) is 12.8. The van der Waals surface area contributed by atoms with E-state index in [0.29, 0.717) is 0 Å². The summed E-state index contributed by atoms with van der Waals surface area (Å²) < 4.78 is 0. The van der Waals surface area contributed by atoms with Crippen LogP contribution < -0.4 is 5.73 Å². The van der Waals surface area contributed by atoms with Gasteiger partial charge in [0.1, 0.15) is 0 Å². The lowest BCUT2D eigenvalue weighted by molar-refractivity contribution is -0.130. The SMILES string of the molecule is CC(N)CC(=O)N1C[C@@H](O)[C@@H](O)C1. The molecule has 1 fully saturated rings. The van der Waals surface area contributed by atoms with Gasteiger partial charge in [-0.05, 0) is 6.92 Å². The zero-order chi connectivity index (χ0) is 10.0. The number of rotatable bonds is 2. The average molecular weight is 188 g/mol. The molecule has 1 amide bonds. The number of amides is 1. The van der Waals surface area contributed by atoms with Crippen LogP contribution in [0.15, 0.2) is 0 Å². The Bertz CT molecular complexity index is 186. The number of likely N-dealkylation sites (tertiary alicyclic amines) is 1. The normalized spacial score (nSPS) is 30.6. The fourth-order valence-corrected chi connectivity index (χ4v) is 1.38. The van der Waals surface area contributed by atoms with E-state index in [1.54, 1.807) is 6.92 Å². The predicted octanol–water partition coefficient (Wildman–Crippen LogP) is -1.71. The summed E-state index contributed by atoms with van der Waals surface area (Å²) in [5, 5.41) is 18.4. The van der Waals surface area contributed by atoms with Gasteiger partial charge < -0.3 is 20.8 Å². The van der Waals surface area contributed by atoms with E-state index in [-0.39, 0.29) is 31.5 Å². The number of hydrogen-bond donors (Lipinski definition) is 3. The summed E-state index contributed by atoms with van der Waals surface area (Å²) >= 11 is 0. The van der Waals surface area contributed by atoms with Crippen LogP contribution in [0, 0.1) is 0 Å². The largest absolute Gasteiger partial charge is 0.388 e. The molecule has 0 aromatic rings. The second-order valence-electron chi connectivity index (χ2n) is 3.61. The first kappa shape index (κ1) is 10.4. The van der Waals surface area contributed by atoms with Crippen LogP contribution in [0.5, 0.6) is 0 Å². The van der Waals surface area contributed by atoms with Gasteiger partial charge in [-0.1, -0.05) is 0 Å². The van der Waals surface area contributed by atoms with Crippen molar-refractivity contribution in [2.45, 2.75) is 31.6 Å². The number of β-amino-alcohol motifs (C(OH)–C–C–N with tert-alkyl or cyclic N) is 2. The van der Waals surface area contributed by atoms with Gasteiger partial charge in [-0.3, -0.25) is 4.79 Å². The molecule has 0 saturated carbocycles. The molecule has 0 aliphatic carbocycles. The van der Waals surface area contributed by atoms with Crippen molar-refractivity contribution in [2.75, 3.05) is 13.1 Å². The zero-order valence-electron chi connectivity index (χ0n) is 7.68. The Morgan fingerprint density at radius 2 is 2.00 bits per heavy atom. The maximum atomic E-state index is 11.4. The van der Waals surface area contributed by atoms with Crippen LogP contribution >= 0.6 is 0 Å². The van der Waals surface area contributed by atoms with Gasteiger partial charge in [-0.15, -0.1) is 0 Å². The molecule has 1 aliphatic heterocycles. The van der Waals surface area contributed by atoms with E-state index in [1.165, 1.54) is 4.90 Å². The van der Waals surface area contributed by atoms with Gasteiger partial charge in [0.15, 0.2) is 0 Å². The summed E-state index contributed by atoms with van der Waals surface area (Å²) in [6, 6.07) is -0.178. The van der Waals surface area contributed by atoms with Crippen LogP contribution in [-0.2, 0) is 4.79 Å². The lowest BCUT2D eigenvalue weighted by atomic mass is 10.2. The number of nitrogens with zero attached hydrogens (tertiary/aromatic N) is 1. The topological polar surface area (TPSA) is 86.8 Å². The van der Waals surface area contributed by atoms with Gasteiger partial charge >= 0.3 is 0 Å². The Morgan fingerprint density at radius 1 is 1.54 bits per heavy atom. The maximum absolute atomic E-state index is 11.4. The number of nitrogens with two attached hydrogens (primary N) is 1. The van der Waals surface area contributed by atoms with Gasteiger partial charge in [0.05, 0.1) is 12.2 Å². The lowest BCUT2D eigenvalue weighted by Gasteiger charge is -2.16. The predicted molar refractivity (Wildman–Crippen MR) is 46.9 cm³/mol. The van der Waals surface area contributed by atoms with Crippen molar-refractivity contribution in [3.63, 3.8) is 0 Å². The van der Waals surface area contributed by atoms with E-state index in [1.807, 2.05) is 0 Å². The Labute approximate surface area is 77.1 Å². The van der Waals surface area contributed by atoms with E-state index in [2.05, 4.69) is 0 Å². The summed E-state index contributed by atoms with van der Waals surface area (Å²) in [6.07, 6.45) is -1.35. The molecule has 0 aromatic carbocycles. The zero-order valence-corrected chi connectivity index (χ0v) is 7.68. The van der Waals surface area contributed by atoms with Crippen LogP contribution in [0.25, 0.3) is 0 Å². The molecule has 76 valence electrons. The van der Waals surface area contributed by atoms with Crippen LogP contribution in [0.1, 0.15) is 13.3 Å². The fourth-order valence-electron chi connectivity index (χ4n) is 1.38. The second-order valence-corrected chi connectivity index (χ2v) is 3.61. The number of hydrogen-bond acceptors (Lipinski definition) is 4. The third kappa shape index (κ3) is 2.65. The number of aliphatic hydroxyl groups is 2. The highest BCUT2D eigenvalue weighted by molar-refractivity contribution is 5.77. The molecule has 0 aromatic heterocycles. The molecule has 1 saturated heterocycles. The van der Waals surface area contributed by atoms with E-state index in [4.69, 9.17) is 5.73 Å². The Balaban J connectivity index is 2.42. The molecule has 0 spiro atoms. The summed E-state index contributed by atoms with van der Waals surface area (Å²) in [7, 11) is 0. The molecular formula is C8H16N2O3. The van der Waals surface area contributed by atoms with Crippen LogP contribution in [-0.4, -0.2) is 52.4 Å². The third-order valence-electron chi connectivity index (χ3n) is 2.11. The van der Waals surface area contributed by atoms with Crippen LogP contribution in [0.2, 0.25) is 0 Å². The number of carbonyl (C=O) groups excluding carboxylic acids is 1. The van der Waals surface area contributed by atoms with Crippen LogP contribution in [0.3, 0.4) is 0 Å². The molecule has 13 heavy (non-hydrogen) atoms. The van der Waals surface area contributed by atoms with Gasteiger partial charge in [0.2, 0.25) is 5.91 Å². The van der Waals surface area contributed by atoms with Gasteiger partial charge in [0.25, 0.3) is 0 Å². The Kier molecular flexibility index (Phi) is 3.24. The highest BCUT2D eigenvalue weighted by atomic mass is 16.3. The van der Waals surface area contributed by atoms with Gasteiger partial charge in [-0.2, -0.15) is 0 Å². The molecule has 1 rings (SSSR count). The highest BCUT2D eigenvalue weighted by Gasteiger charge is 2.32. The Morgan fingerprint density at radius 3 is 2.38 bits per heavy atom. The molecular weight excluding hydrogens is 172 g/mol. The molecule has 1 aliphatic rings. The number of carbonyl (C=O) groups is 1. The molecule has 0 radical (unpaired) electrons. The van der Waals surface area contributed by atoms with E-state index >= 15 is 0 Å². The fraction of sp³-hybridized carbons (Fsp3) is 0.875. The first-order valence-corrected chi connectivity index (χ1v) is 4.40. The molecule has 5 nitrogen and oxygen atoms in total. The van der Waals surface area contributed by atoms with Crippen molar-refractivity contribution in [2.24, 2.45) is 5.73 Å². The lowest BCUT2D eigenvalue weighted by Crippen LogP contribution is -2.34. The smallest absolute Gasteiger partial charge is 0.224 e. The minimum Gasteiger partial charge on any atom is -0.388 e. The first-order chi connectivity index (χ1) is 6.00. The highest BCUT2D eigenvalue weighted by Crippen LogP contribution is 2.11. The molecule has 0 bridgehead atoms. The first-order valence-electron chi connectivity index (χ1n) is 4.40. The Hall–Kier alpha value is -0.650. The van der Waals surface area contributed by atoms with Crippen molar-refractivity contribution >= 4 is 5.91 Å². The van der Waals surface area contributed by atoms with E-state index < -0.39 is 12.2 Å². The molecule has 3 atom stereocenters. The quantitative estimate of drug-likeness (QED) is 0.481. The molecule has 1 unspecified atom stereocenters. The van der Waals surface area contributed by atoms with Crippen molar-refractivity contribution in [3.8, 4) is 0 Å². The van der Waals surface area contributed by atoms with Crippen molar-refractivity contribution in [1.82, 2.24) is 4.90 Å². The minimum absolute atomic E-state index is 0.106. The van der Waals surface area contributed by atoms with Crippen molar-refractivity contribution in [1.29, 1.82) is 0 Å². The minimum atomic E-state index is -0.808. The third-order valence-corrected chi connectivity index (χ3v) is 2.11. The summed E-state index contributed by atoms with van der Waals surface area (Å²) in [5.41, 5.74) is 5.46. The van der Waals surface area contributed by atoms with Gasteiger partial charge in [0, 0.05) is 25.6 Å². The van der Waals surface area contributed by atoms with E-state index in [9.17, 15) is 15.0 Å². The van der Waals surface area contributed by atoms with Crippen molar-refractivity contribution in [3.05, 3.63) is 0 Å². The molecule has 4 N–H and O–H groups in total. The monoisotopic (exact) mass is 188 g/mol. The van der Waals surface area contributed by atoms with Crippen LogP contribution in [0.4, 0.5) is 0 Å². The number of aliphatic hydroxyl groups excluding tert-OH is 2. The summed E-state index contributed by atoms with van der Waals surface area (Å²) in [5.74, 6) is -0.106. The second kappa shape index (κ2) is 4.04.